The number of para-hydroxylation sites is 2. The van der Waals surface area contributed by atoms with E-state index in [2.05, 4.69) is 0 Å². The predicted octanol–water partition coefficient (Wildman–Crippen LogP) is 10.9. The van der Waals surface area contributed by atoms with E-state index in [-0.39, 0.29) is 46.7 Å². The fourth-order valence-electron chi connectivity index (χ4n) is 8.09. The number of ether oxygens (including phenoxy) is 6. The molecule has 26 heteroatoms. The van der Waals surface area contributed by atoms with Crippen molar-refractivity contribution in [3.8, 4) is 44.3 Å². The first kappa shape index (κ1) is 65.6. The second kappa shape index (κ2) is 27.9. The molecule has 0 radical (unpaired) electrons. The summed E-state index contributed by atoms with van der Waals surface area (Å²) in [6.45, 7) is -0.478. The zero-order valence-corrected chi connectivity index (χ0v) is 49.8. The van der Waals surface area contributed by atoms with Crippen LogP contribution in [0, 0.1) is 0 Å². The van der Waals surface area contributed by atoms with E-state index in [9.17, 15) is 47.3 Å². The van der Waals surface area contributed by atoms with Gasteiger partial charge < -0.3 is 37.8 Å². The van der Waals surface area contributed by atoms with Crippen molar-refractivity contribution in [3.05, 3.63) is 215 Å². The quantitative estimate of drug-likeness (QED) is 0.0217. The third kappa shape index (κ3) is 19.5. The van der Waals surface area contributed by atoms with Gasteiger partial charge >= 0.3 is 80.7 Å². The van der Waals surface area contributed by atoms with Gasteiger partial charge in [-0.25, -0.2) is 9.59 Å². The Morgan fingerprint density at radius 1 is 0.357 bits per heavy atom. The summed E-state index contributed by atoms with van der Waals surface area (Å²) in [5.41, 5.74) is -0.216. The number of rotatable bonds is 17. The summed E-state index contributed by atoms with van der Waals surface area (Å²) in [6, 6.07) is 61.0. The van der Waals surface area contributed by atoms with E-state index in [0.717, 1.165) is 40.1 Å². The van der Waals surface area contributed by atoms with E-state index < -0.39 is 73.5 Å². The van der Waals surface area contributed by atoms with Crippen molar-refractivity contribution in [1.29, 1.82) is 0 Å². The van der Waals surface area contributed by atoms with Gasteiger partial charge in [-0.15, -0.1) is 0 Å². The van der Waals surface area contributed by atoms with Crippen LogP contribution in [0.1, 0.15) is 12.8 Å². The summed E-state index contributed by atoms with van der Waals surface area (Å²) in [6.07, 6.45) is 0.904. The monoisotopic (exact) mass is 1430 g/mol. The first-order valence-electron chi connectivity index (χ1n) is 24.3. The Kier molecular flexibility index (Phi) is 21.8. The zero-order chi connectivity index (χ0) is 58.7. The van der Waals surface area contributed by atoms with Gasteiger partial charge in [0, 0.05) is 57.3 Å². The topological polar surface area (TPSA) is 124 Å². The number of unbranched alkanes of at least 4 members (excludes halogenated alkanes) is 1. The minimum atomic E-state index is -9.19. The number of hydrogen-bond acceptors (Lipinski definition) is 10. The molecule has 10 aromatic rings. The Morgan fingerprint density at radius 3 is 0.988 bits per heavy atom. The van der Waals surface area contributed by atoms with Crippen LogP contribution in [0.25, 0.3) is 50.1 Å². The molecule has 0 saturated heterocycles. The molecule has 10 nitrogen and oxygen atoms in total. The molecule has 2 aromatic heterocycles. The van der Waals surface area contributed by atoms with Gasteiger partial charge in [-0.05, 0) is 110 Å². The molecule has 0 saturated carbocycles. The summed E-state index contributed by atoms with van der Waals surface area (Å²) in [7, 11) is -1.14. The number of hydrogen-bond donors (Lipinski definition) is 0. The molecular weight excluding hydrogens is 1390 g/mol. The number of benzene rings is 8. The number of carbonyl (C=O) groups excluding carboxylic acids is 2. The van der Waals surface area contributed by atoms with E-state index in [4.69, 9.17) is 28.4 Å². The van der Waals surface area contributed by atoms with Crippen molar-refractivity contribution in [2.24, 2.45) is 0 Å². The number of fused-ring (bicyclic) bond motifs is 4. The molecule has 0 bridgehead atoms. The maximum atomic E-state index is 13.8. The molecule has 84 heavy (non-hydrogen) atoms. The van der Waals surface area contributed by atoms with Crippen molar-refractivity contribution in [2.75, 3.05) is 26.4 Å². The van der Waals surface area contributed by atoms with Crippen LogP contribution in [0.3, 0.4) is 0 Å². The summed E-state index contributed by atoms with van der Waals surface area (Å²) >= 11 is -18.4. The Balaban J connectivity index is 0.000000734. The standard InChI is InChI=1S/C58H44O10S2.12FH.2Sb/c59-55(37-65-43-25-31-53-49(35-43)57(61)47-17-7-9-19-51(47)69(53)45-27-21-41(22-28-45)67-39-13-3-1-4-14-39)63-33-11-12-34-64-56(60)38-66-44-26-32-54-50(36-44)58(62)48-18-8-10-20-52(48)70(54)46-29-23-42(24-30-46)68-40-15-5-2-6-16-40;;;;;;;;;;;;;;/h1-10,13-32,35-36H,11-12,33-34,37-38H2;12*1H;;/q+2;;;;;;;;;;;;;2*+5/p-12. The van der Waals surface area contributed by atoms with Crippen LogP contribution in [-0.2, 0) is 19.1 Å². The number of carbonyl (C=O) groups is 2. The van der Waals surface area contributed by atoms with E-state index in [1.54, 1.807) is 24.3 Å². The van der Waals surface area contributed by atoms with Crippen molar-refractivity contribution >= 4 is 114 Å². The van der Waals surface area contributed by atoms with Crippen LogP contribution >= 0.6 is 20.9 Å². The molecule has 0 fully saturated rings. The maximum absolute atomic E-state index is 13.8. The zero-order valence-electron chi connectivity index (χ0n) is 43.0. The van der Waals surface area contributed by atoms with Crippen LogP contribution in [0.4, 0.5) is 28.1 Å². The molecule has 2 heterocycles. The molecule has 0 N–H and O–H groups in total. The van der Waals surface area contributed by atoms with Gasteiger partial charge in [-0.3, -0.25) is 9.59 Å². The van der Waals surface area contributed by atoms with Gasteiger partial charge in [0.05, 0.1) is 34.8 Å². The van der Waals surface area contributed by atoms with Crippen LogP contribution in [0.2, 0.25) is 0 Å². The molecule has 0 amide bonds. The molecule has 0 aliphatic rings. The van der Waals surface area contributed by atoms with E-state index >= 15 is 0 Å². The number of halogens is 12. The predicted molar refractivity (Wildman–Crippen MR) is 301 cm³/mol. The van der Waals surface area contributed by atoms with Crippen molar-refractivity contribution < 1.29 is 75.5 Å². The molecule has 0 aliphatic heterocycles. The molecule has 2 atom stereocenters. The van der Waals surface area contributed by atoms with Crippen molar-refractivity contribution in [3.63, 3.8) is 0 Å². The Hall–Kier alpha value is -7.52. The number of esters is 2. The van der Waals surface area contributed by atoms with Crippen LogP contribution in [0.5, 0.6) is 34.5 Å². The average Bonchev–Trinajstić information content (AvgIpc) is 1.14. The molecule has 442 valence electrons. The van der Waals surface area contributed by atoms with Gasteiger partial charge in [-0.2, -0.15) is 0 Å². The molecule has 0 aliphatic carbocycles. The van der Waals surface area contributed by atoms with Crippen molar-refractivity contribution in [1.82, 2.24) is 0 Å². The Morgan fingerprint density at radius 2 is 0.643 bits per heavy atom. The summed E-state index contributed by atoms with van der Waals surface area (Å²) in [4.78, 5) is 54.9. The van der Waals surface area contributed by atoms with Gasteiger partial charge in [0.2, 0.25) is 10.9 Å². The van der Waals surface area contributed by atoms with Crippen LogP contribution in [-0.4, -0.2) is 79.0 Å². The van der Waals surface area contributed by atoms with Gasteiger partial charge in [0.25, 0.3) is 0 Å². The third-order valence-corrected chi connectivity index (χ3v) is 16.1. The van der Waals surface area contributed by atoms with Crippen LogP contribution < -0.4 is 39.2 Å². The second-order valence-corrected chi connectivity index (χ2v) is 28.6. The summed E-state index contributed by atoms with van der Waals surface area (Å²) in [5, 5.41) is 2.28. The van der Waals surface area contributed by atoms with Crippen LogP contribution in [0.15, 0.2) is 204 Å². The Labute approximate surface area is 484 Å². The van der Waals surface area contributed by atoms with Gasteiger partial charge in [0.15, 0.2) is 41.8 Å². The fraction of sp³-hybridized carbons (Fsp3) is 0.103. The normalized spacial score (nSPS) is 12.5. The van der Waals surface area contributed by atoms with E-state index in [1.807, 2.05) is 170 Å². The SMILES string of the molecule is O=C(COc1ccc2c(c1)c(=O)c1ccccc1[s+]2-c1ccc(Oc2ccccc2)cc1)OCCCCOC(=O)COc1ccc2c(c1)c(=O)c1ccccc1[s+]2-c1ccc(Oc2ccccc2)cc1.[F-].[F-].[F][Sb]([F])([F])([F])[F].[F][Sb]([F])([F])([F])[F]. The second-order valence-electron chi connectivity index (χ2n) is 17.4. The molecule has 0 spiro atoms. The fourth-order valence-corrected chi connectivity index (χ4v) is 12.7. The van der Waals surface area contributed by atoms with Gasteiger partial charge in [-0.1, -0.05) is 60.7 Å². The molecule has 2 unspecified atom stereocenters. The molecule has 10 rings (SSSR count). The average molecular weight is 1440 g/mol. The minimum absolute atomic E-state index is 0. The van der Waals surface area contributed by atoms with E-state index in [0.29, 0.717) is 57.4 Å². The summed E-state index contributed by atoms with van der Waals surface area (Å²) in [5.74, 6) is 2.53. The first-order valence-corrected chi connectivity index (χ1v) is 36.4. The first-order chi connectivity index (χ1) is 38.8. The van der Waals surface area contributed by atoms with Gasteiger partial charge in [0.1, 0.15) is 34.5 Å². The molecule has 8 aromatic carbocycles. The van der Waals surface area contributed by atoms with Crippen molar-refractivity contribution in [2.45, 2.75) is 12.8 Å². The third-order valence-electron chi connectivity index (χ3n) is 11.4. The summed E-state index contributed by atoms with van der Waals surface area (Å²) < 4.78 is 137. The molecular formula is C58H44F12O10S2Sb2. The Bertz CT molecular complexity index is 3740. The van der Waals surface area contributed by atoms with E-state index in [1.165, 1.54) is 0 Å².